The summed E-state index contributed by atoms with van der Waals surface area (Å²) in [6.07, 6.45) is 2.19. The van der Waals surface area contributed by atoms with Crippen molar-refractivity contribution in [2.75, 3.05) is 33.0 Å². The van der Waals surface area contributed by atoms with Gasteiger partial charge in [-0.3, -0.25) is 4.79 Å². The molecular formula is C30H29BFN5O2S. The van der Waals surface area contributed by atoms with Crippen LogP contribution in [0.25, 0.3) is 16.9 Å². The van der Waals surface area contributed by atoms with Crippen molar-refractivity contribution in [2.24, 2.45) is 0 Å². The normalized spacial score (nSPS) is 15.0. The van der Waals surface area contributed by atoms with Gasteiger partial charge in [-0.2, -0.15) is 5.10 Å². The van der Waals surface area contributed by atoms with Gasteiger partial charge in [-0.1, -0.05) is 30.2 Å². The van der Waals surface area contributed by atoms with E-state index in [4.69, 9.17) is 23.4 Å². The molecule has 0 spiro atoms. The van der Waals surface area contributed by atoms with Crippen LogP contribution in [0.1, 0.15) is 17.4 Å². The van der Waals surface area contributed by atoms with Crippen LogP contribution >= 0.6 is 11.8 Å². The zero-order valence-electron chi connectivity index (χ0n) is 22.4. The highest BCUT2D eigenvalue weighted by molar-refractivity contribution is 8.13. The van der Waals surface area contributed by atoms with Gasteiger partial charge in [-0.15, -0.1) is 0 Å². The number of benzene rings is 3. The largest absolute Gasteiger partial charge is 0.398 e. The molecule has 1 aromatic heterocycles. The van der Waals surface area contributed by atoms with Crippen LogP contribution in [0.2, 0.25) is 0 Å². The number of thioether (sulfide) groups is 1. The topological polar surface area (TPSA) is 76.6 Å². The minimum Gasteiger partial charge on any atom is -0.398 e. The van der Waals surface area contributed by atoms with Crippen molar-refractivity contribution >= 4 is 36.0 Å². The van der Waals surface area contributed by atoms with Crippen LogP contribution in [0, 0.1) is 5.82 Å². The molecule has 1 aliphatic rings. The van der Waals surface area contributed by atoms with Crippen molar-refractivity contribution in [3.63, 3.8) is 0 Å². The van der Waals surface area contributed by atoms with Gasteiger partial charge >= 0.3 is 0 Å². The number of hydrogen-bond acceptors (Lipinski definition) is 6. The summed E-state index contributed by atoms with van der Waals surface area (Å²) in [7, 11) is 9.30. The van der Waals surface area contributed by atoms with Crippen LogP contribution < -0.4 is 11.2 Å². The lowest BCUT2D eigenvalue weighted by Crippen LogP contribution is -2.25. The molecule has 0 bridgehead atoms. The third-order valence-electron chi connectivity index (χ3n) is 6.66. The van der Waals surface area contributed by atoms with Gasteiger partial charge in [0.1, 0.15) is 19.4 Å². The molecule has 202 valence electrons. The number of nitrogens with two attached hydrogens (primary N) is 1. The number of nitrogens with zero attached hydrogens (tertiary/aromatic N) is 4. The highest BCUT2D eigenvalue weighted by Gasteiger charge is 2.33. The Hall–Kier alpha value is -4.02. The predicted octanol–water partition coefficient (Wildman–Crippen LogP) is 4.92. The van der Waals surface area contributed by atoms with Gasteiger partial charge < -0.3 is 20.3 Å². The Morgan fingerprint density at radius 2 is 1.90 bits per heavy atom. The number of aromatic nitrogens is 2. The molecule has 5 rings (SSSR count). The summed E-state index contributed by atoms with van der Waals surface area (Å²) < 4.78 is 21.7. The fraction of sp³-hybridized carbons (Fsp3) is 0.200. The van der Waals surface area contributed by atoms with Crippen molar-refractivity contribution in [1.29, 1.82) is 0 Å². The summed E-state index contributed by atoms with van der Waals surface area (Å²) in [6.45, 7) is 5.24. The Morgan fingerprint density at radius 3 is 2.58 bits per heavy atom. The van der Waals surface area contributed by atoms with Gasteiger partial charge in [0.25, 0.3) is 5.24 Å². The Kier molecular flexibility index (Phi) is 8.00. The molecule has 2 heterocycles. The van der Waals surface area contributed by atoms with E-state index < -0.39 is 6.23 Å². The molecule has 2 radical (unpaired) electrons. The Morgan fingerprint density at radius 1 is 1.18 bits per heavy atom. The molecule has 2 N–H and O–H groups in total. The standard InChI is InChI=1S/C30H29BFN5O2S/c1-19-18-39-29(36(19)15-14-20-4-13-27(26(33)16-20)40-30(38)35(2)3)25-17-37(24-11-7-22(31)8-12-24)34-28(25)21-5-9-23(32)10-6-21/h4-13,16-17,29H,1,14-15,18,33H2,2-3H3. The molecule has 1 amide bonds. The van der Waals surface area contributed by atoms with Crippen LogP contribution in [-0.4, -0.2) is 59.9 Å². The number of amides is 1. The van der Waals surface area contributed by atoms with Crippen molar-refractivity contribution in [2.45, 2.75) is 17.5 Å². The van der Waals surface area contributed by atoms with Crippen molar-refractivity contribution < 1.29 is 13.9 Å². The number of nitrogen functional groups attached to an aromatic ring is 1. The fourth-order valence-corrected chi connectivity index (χ4v) is 5.17. The molecular weight excluding hydrogens is 524 g/mol. The Balaban J connectivity index is 1.41. The molecule has 4 aromatic rings. The molecule has 1 fully saturated rings. The number of hydrogen-bond donors (Lipinski definition) is 1. The maximum Gasteiger partial charge on any atom is 0.286 e. The maximum absolute atomic E-state index is 13.7. The zero-order chi connectivity index (χ0) is 28.4. The quantitative estimate of drug-likeness (QED) is 0.199. The smallest absolute Gasteiger partial charge is 0.286 e. The second kappa shape index (κ2) is 11.6. The summed E-state index contributed by atoms with van der Waals surface area (Å²) in [5.41, 5.74) is 12.5. The van der Waals surface area contributed by atoms with E-state index in [0.29, 0.717) is 36.4 Å². The number of carbonyl (C=O) groups is 1. The molecule has 3 aromatic carbocycles. The molecule has 10 heteroatoms. The Labute approximate surface area is 238 Å². The number of ether oxygens (including phenoxy) is 1. The zero-order valence-corrected chi connectivity index (χ0v) is 23.2. The highest BCUT2D eigenvalue weighted by atomic mass is 32.2. The van der Waals surface area contributed by atoms with E-state index in [1.807, 2.05) is 48.7 Å². The number of halogens is 1. The molecule has 7 nitrogen and oxygen atoms in total. The third-order valence-corrected chi connectivity index (χ3v) is 7.79. The highest BCUT2D eigenvalue weighted by Crippen LogP contribution is 2.38. The van der Waals surface area contributed by atoms with Gasteiger partial charge in [0, 0.05) is 54.2 Å². The number of rotatable bonds is 7. The average Bonchev–Trinajstić information content (AvgIpc) is 3.53. The first-order valence-electron chi connectivity index (χ1n) is 12.7. The van der Waals surface area contributed by atoms with Crippen molar-refractivity contribution in [1.82, 2.24) is 19.6 Å². The van der Waals surface area contributed by atoms with E-state index in [1.54, 1.807) is 30.9 Å². The first-order chi connectivity index (χ1) is 19.2. The molecule has 1 atom stereocenters. The third kappa shape index (κ3) is 5.93. The first kappa shape index (κ1) is 27.5. The monoisotopic (exact) mass is 553 g/mol. The molecule has 0 aliphatic carbocycles. The van der Waals surface area contributed by atoms with E-state index in [9.17, 15) is 9.18 Å². The van der Waals surface area contributed by atoms with Crippen molar-refractivity contribution in [3.05, 3.63) is 102 Å². The van der Waals surface area contributed by atoms with Crippen molar-refractivity contribution in [3.8, 4) is 16.9 Å². The molecule has 1 unspecified atom stereocenters. The summed E-state index contributed by atoms with van der Waals surface area (Å²) in [6, 6.07) is 19.5. The lowest BCUT2D eigenvalue weighted by molar-refractivity contribution is 0.0356. The molecule has 1 aliphatic heterocycles. The van der Waals surface area contributed by atoms with E-state index in [-0.39, 0.29) is 11.1 Å². The Bertz CT molecular complexity index is 1540. The second-order valence-corrected chi connectivity index (χ2v) is 10.8. The maximum atomic E-state index is 13.7. The molecule has 40 heavy (non-hydrogen) atoms. The lowest BCUT2D eigenvalue weighted by Gasteiger charge is -2.26. The number of anilines is 1. The second-order valence-electron chi connectivity index (χ2n) is 9.78. The van der Waals surface area contributed by atoms with Crippen LogP contribution in [0.5, 0.6) is 0 Å². The van der Waals surface area contributed by atoms with Crippen LogP contribution in [-0.2, 0) is 11.2 Å². The minimum atomic E-state index is -0.431. The van der Waals surface area contributed by atoms with Gasteiger partial charge in [0.05, 0.1) is 12.3 Å². The van der Waals surface area contributed by atoms with E-state index in [2.05, 4.69) is 11.5 Å². The van der Waals surface area contributed by atoms with Gasteiger partial charge in [0.2, 0.25) is 0 Å². The summed E-state index contributed by atoms with van der Waals surface area (Å²) in [4.78, 5) is 16.4. The van der Waals surface area contributed by atoms with Gasteiger partial charge in [-0.25, -0.2) is 9.07 Å². The average molecular weight is 553 g/mol. The minimum absolute atomic E-state index is 0.0794. The summed E-state index contributed by atoms with van der Waals surface area (Å²) >= 11 is 1.11. The fourth-order valence-electron chi connectivity index (χ4n) is 4.49. The first-order valence-corrected chi connectivity index (χ1v) is 13.6. The van der Waals surface area contributed by atoms with E-state index >= 15 is 0 Å². The molecule has 0 saturated carbocycles. The molecule has 1 saturated heterocycles. The van der Waals surface area contributed by atoms with Crippen LogP contribution in [0.4, 0.5) is 14.9 Å². The van der Waals surface area contributed by atoms with Crippen LogP contribution in [0.3, 0.4) is 0 Å². The number of carbonyl (C=O) groups excluding carboxylic acids is 1. The predicted molar refractivity (Wildman–Crippen MR) is 158 cm³/mol. The summed E-state index contributed by atoms with van der Waals surface area (Å²) in [5, 5.41) is 4.78. The van der Waals surface area contributed by atoms with E-state index in [1.165, 1.54) is 17.0 Å². The van der Waals surface area contributed by atoms with Gasteiger partial charge in [0.15, 0.2) is 6.23 Å². The van der Waals surface area contributed by atoms with Gasteiger partial charge in [-0.05, 0) is 72.3 Å². The van der Waals surface area contributed by atoms with Crippen LogP contribution in [0.15, 0.2) is 90.1 Å². The SMILES string of the molecule is [B]c1ccc(-n2cc(C3OCC(=C)N3CCc3ccc(SC(=O)N(C)C)c(N)c3)c(-c3ccc(F)cc3)n2)cc1. The van der Waals surface area contributed by atoms with E-state index in [0.717, 1.165) is 44.7 Å². The summed E-state index contributed by atoms with van der Waals surface area (Å²) in [5.74, 6) is -0.315. The lowest BCUT2D eigenvalue weighted by atomic mass is 9.96.